The molecule has 1 heterocycles. The van der Waals surface area contributed by atoms with Gasteiger partial charge in [0.2, 0.25) is 5.91 Å². The smallest absolute Gasteiger partial charge is 0.303 e. The first-order valence-corrected chi connectivity index (χ1v) is 8.08. The van der Waals surface area contributed by atoms with E-state index in [0.29, 0.717) is 19.5 Å². The summed E-state index contributed by atoms with van der Waals surface area (Å²) < 4.78 is 1.04. The molecule has 2 rings (SSSR count). The van der Waals surface area contributed by atoms with Gasteiger partial charge in [-0.2, -0.15) is 0 Å². The normalized spacial score (nSPS) is 16.0. The zero-order chi connectivity index (χ0) is 15.2. The van der Waals surface area contributed by atoms with Crippen molar-refractivity contribution in [3.63, 3.8) is 0 Å². The standard InChI is InChI=1S/C16H20BrNO3/c17-14-4-2-1-3-13(14)5-6-15(19)18-9-7-12(8-10-18)11-16(20)21/h1-4,12H,5-11H2,(H,20,21). The molecule has 0 saturated carbocycles. The third-order valence-electron chi connectivity index (χ3n) is 4.00. The molecule has 1 saturated heterocycles. The van der Waals surface area contributed by atoms with Gasteiger partial charge in [-0.25, -0.2) is 0 Å². The summed E-state index contributed by atoms with van der Waals surface area (Å²) in [4.78, 5) is 24.8. The zero-order valence-corrected chi connectivity index (χ0v) is 13.5. The average molecular weight is 354 g/mol. The van der Waals surface area contributed by atoms with Gasteiger partial charge in [-0.3, -0.25) is 9.59 Å². The molecular formula is C16H20BrNO3. The topological polar surface area (TPSA) is 57.6 Å². The zero-order valence-electron chi connectivity index (χ0n) is 11.9. The van der Waals surface area contributed by atoms with Crippen molar-refractivity contribution in [1.29, 1.82) is 0 Å². The molecule has 0 radical (unpaired) electrons. The lowest BCUT2D eigenvalue weighted by Gasteiger charge is -2.31. The number of carboxylic acids is 1. The van der Waals surface area contributed by atoms with Crippen molar-refractivity contribution in [2.24, 2.45) is 5.92 Å². The number of halogens is 1. The molecule has 0 atom stereocenters. The number of carboxylic acid groups (broad SMARTS) is 1. The van der Waals surface area contributed by atoms with Crippen molar-refractivity contribution < 1.29 is 14.7 Å². The van der Waals surface area contributed by atoms with E-state index in [1.807, 2.05) is 29.2 Å². The van der Waals surface area contributed by atoms with Crippen molar-refractivity contribution >= 4 is 27.8 Å². The highest BCUT2D eigenvalue weighted by Crippen LogP contribution is 2.22. The van der Waals surface area contributed by atoms with Crippen molar-refractivity contribution in [2.75, 3.05) is 13.1 Å². The van der Waals surface area contributed by atoms with Crippen LogP contribution >= 0.6 is 15.9 Å². The van der Waals surface area contributed by atoms with Crippen LogP contribution in [0.5, 0.6) is 0 Å². The van der Waals surface area contributed by atoms with Crippen LogP contribution in [0.25, 0.3) is 0 Å². The molecule has 1 fully saturated rings. The second-order valence-electron chi connectivity index (χ2n) is 5.51. The van der Waals surface area contributed by atoms with Crippen molar-refractivity contribution in [3.05, 3.63) is 34.3 Å². The largest absolute Gasteiger partial charge is 0.481 e. The first kappa shape index (κ1) is 16.0. The van der Waals surface area contributed by atoms with E-state index in [-0.39, 0.29) is 18.2 Å². The highest BCUT2D eigenvalue weighted by Gasteiger charge is 2.24. The molecule has 0 bridgehead atoms. The van der Waals surface area contributed by atoms with Crippen LogP contribution in [-0.2, 0) is 16.0 Å². The van der Waals surface area contributed by atoms with E-state index in [9.17, 15) is 9.59 Å². The lowest BCUT2D eigenvalue weighted by Crippen LogP contribution is -2.39. The van der Waals surface area contributed by atoms with Gasteiger partial charge in [0, 0.05) is 30.4 Å². The predicted octanol–water partition coefficient (Wildman–Crippen LogP) is 3.10. The van der Waals surface area contributed by atoms with Gasteiger partial charge in [0.1, 0.15) is 0 Å². The lowest BCUT2D eigenvalue weighted by atomic mass is 9.93. The predicted molar refractivity (Wildman–Crippen MR) is 84.0 cm³/mol. The Bertz CT molecular complexity index is 510. The number of amides is 1. The maximum atomic E-state index is 12.2. The van der Waals surface area contributed by atoms with Gasteiger partial charge in [-0.05, 0) is 36.8 Å². The summed E-state index contributed by atoms with van der Waals surface area (Å²) in [6.07, 6.45) is 3.06. The quantitative estimate of drug-likeness (QED) is 0.884. The number of rotatable bonds is 5. The van der Waals surface area contributed by atoms with Crippen LogP contribution in [0.4, 0.5) is 0 Å². The van der Waals surface area contributed by atoms with Crippen LogP contribution in [0, 0.1) is 5.92 Å². The number of hydrogen-bond donors (Lipinski definition) is 1. The first-order valence-electron chi connectivity index (χ1n) is 7.29. The number of likely N-dealkylation sites (tertiary alicyclic amines) is 1. The van der Waals surface area contributed by atoms with Crippen LogP contribution in [0.15, 0.2) is 28.7 Å². The summed E-state index contributed by atoms with van der Waals surface area (Å²) in [5.74, 6) is -0.358. The molecule has 1 amide bonds. The van der Waals surface area contributed by atoms with Crippen LogP contribution in [0.3, 0.4) is 0 Å². The minimum absolute atomic E-state index is 0.166. The lowest BCUT2D eigenvalue weighted by molar-refractivity contribution is -0.138. The SMILES string of the molecule is O=C(O)CC1CCN(C(=O)CCc2ccccc2Br)CC1. The van der Waals surface area contributed by atoms with Gasteiger partial charge < -0.3 is 10.0 Å². The number of hydrogen-bond acceptors (Lipinski definition) is 2. The summed E-state index contributed by atoms with van der Waals surface area (Å²) >= 11 is 3.49. The van der Waals surface area contributed by atoms with E-state index in [2.05, 4.69) is 15.9 Å². The van der Waals surface area contributed by atoms with Crippen LogP contribution in [0.2, 0.25) is 0 Å². The maximum Gasteiger partial charge on any atom is 0.303 e. The number of nitrogens with zero attached hydrogens (tertiary/aromatic N) is 1. The maximum absolute atomic E-state index is 12.2. The van der Waals surface area contributed by atoms with Crippen molar-refractivity contribution in [2.45, 2.75) is 32.1 Å². The fraction of sp³-hybridized carbons (Fsp3) is 0.500. The fourth-order valence-corrected chi connectivity index (χ4v) is 3.22. The number of benzene rings is 1. The Morgan fingerprint density at radius 3 is 2.52 bits per heavy atom. The Balaban J connectivity index is 1.77. The molecule has 0 aromatic heterocycles. The Morgan fingerprint density at radius 1 is 1.24 bits per heavy atom. The number of piperidine rings is 1. The van der Waals surface area contributed by atoms with Crippen LogP contribution < -0.4 is 0 Å². The van der Waals surface area contributed by atoms with Crippen molar-refractivity contribution in [3.8, 4) is 0 Å². The Labute approximate surface area is 133 Å². The van der Waals surface area contributed by atoms with Crippen molar-refractivity contribution in [1.82, 2.24) is 4.90 Å². The number of carbonyl (C=O) groups is 2. The van der Waals surface area contributed by atoms with E-state index in [4.69, 9.17) is 5.11 Å². The molecule has 1 aromatic rings. The van der Waals surface area contributed by atoms with Gasteiger partial charge >= 0.3 is 5.97 Å². The monoisotopic (exact) mass is 353 g/mol. The molecule has 0 unspecified atom stereocenters. The summed E-state index contributed by atoms with van der Waals surface area (Å²) in [7, 11) is 0. The minimum atomic E-state index is -0.742. The van der Waals surface area contributed by atoms with E-state index >= 15 is 0 Å². The molecule has 1 aliphatic rings. The van der Waals surface area contributed by atoms with Gasteiger partial charge in [0.15, 0.2) is 0 Å². The van der Waals surface area contributed by atoms with Crippen LogP contribution in [0.1, 0.15) is 31.2 Å². The van der Waals surface area contributed by atoms with Gasteiger partial charge in [-0.1, -0.05) is 34.1 Å². The Hall–Kier alpha value is -1.36. The summed E-state index contributed by atoms with van der Waals surface area (Å²) in [6.45, 7) is 1.37. The highest BCUT2D eigenvalue weighted by atomic mass is 79.9. The molecule has 0 spiro atoms. The second kappa shape index (κ2) is 7.59. The number of carbonyl (C=O) groups excluding carboxylic acids is 1. The van der Waals surface area contributed by atoms with Gasteiger partial charge in [0.05, 0.1) is 0 Å². The fourth-order valence-electron chi connectivity index (χ4n) is 2.73. The molecule has 114 valence electrons. The number of aliphatic carboxylic acids is 1. The van der Waals surface area contributed by atoms with E-state index in [1.54, 1.807) is 0 Å². The highest BCUT2D eigenvalue weighted by molar-refractivity contribution is 9.10. The summed E-state index contributed by atoms with van der Waals surface area (Å²) in [5, 5.41) is 8.79. The average Bonchev–Trinajstić information content (AvgIpc) is 2.46. The molecular weight excluding hydrogens is 334 g/mol. The second-order valence-corrected chi connectivity index (χ2v) is 6.37. The van der Waals surface area contributed by atoms with E-state index in [0.717, 1.165) is 29.3 Å². The summed E-state index contributed by atoms with van der Waals surface area (Å²) in [5.41, 5.74) is 1.15. The first-order chi connectivity index (χ1) is 10.1. The molecule has 5 heteroatoms. The molecule has 1 aliphatic heterocycles. The molecule has 21 heavy (non-hydrogen) atoms. The molecule has 1 aromatic carbocycles. The minimum Gasteiger partial charge on any atom is -0.481 e. The Kier molecular flexibility index (Phi) is 5.79. The summed E-state index contributed by atoms with van der Waals surface area (Å²) in [6, 6.07) is 7.94. The van der Waals surface area contributed by atoms with E-state index in [1.165, 1.54) is 0 Å². The third kappa shape index (κ3) is 4.84. The molecule has 0 aliphatic carbocycles. The number of aryl methyl sites for hydroxylation is 1. The van der Waals surface area contributed by atoms with Gasteiger partial charge in [0.25, 0.3) is 0 Å². The third-order valence-corrected chi connectivity index (χ3v) is 4.77. The van der Waals surface area contributed by atoms with E-state index < -0.39 is 5.97 Å². The molecule has 1 N–H and O–H groups in total. The van der Waals surface area contributed by atoms with Gasteiger partial charge in [-0.15, -0.1) is 0 Å². The van der Waals surface area contributed by atoms with Crippen LogP contribution in [-0.4, -0.2) is 35.0 Å². The molecule has 4 nitrogen and oxygen atoms in total. The Morgan fingerprint density at radius 2 is 1.90 bits per heavy atom.